The number of H-pyrrole nitrogens is 1. The number of hydrogen-bond acceptors (Lipinski definition) is 6. The third-order valence-electron chi connectivity index (χ3n) is 4.61. The Morgan fingerprint density at radius 3 is 2.48 bits per heavy atom. The number of benzene rings is 2. The molecule has 2 aromatic heterocycles. The predicted molar refractivity (Wildman–Crippen MR) is 112 cm³/mol. The molecule has 4 rings (SSSR count). The van der Waals surface area contributed by atoms with E-state index in [0.717, 1.165) is 16.8 Å². The van der Waals surface area contributed by atoms with E-state index in [4.69, 9.17) is 4.74 Å². The van der Waals surface area contributed by atoms with Crippen LogP contribution in [0, 0.1) is 10.1 Å². The Kier molecular flexibility index (Phi) is 5.43. The maximum absolute atomic E-state index is 12.6. The van der Waals surface area contributed by atoms with Gasteiger partial charge in [-0.25, -0.2) is 4.68 Å². The first kappa shape index (κ1) is 19.8. The highest BCUT2D eigenvalue weighted by Crippen LogP contribution is 2.28. The number of carbonyl (C=O) groups is 1. The molecule has 0 saturated heterocycles. The molecule has 0 aliphatic carbocycles. The van der Waals surface area contributed by atoms with Crippen LogP contribution < -0.4 is 10.1 Å². The van der Waals surface area contributed by atoms with Gasteiger partial charge in [0.05, 0.1) is 23.4 Å². The highest BCUT2D eigenvalue weighted by molar-refractivity contribution is 5.97. The van der Waals surface area contributed by atoms with Crippen molar-refractivity contribution in [3.8, 4) is 22.8 Å². The van der Waals surface area contributed by atoms with E-state index in [2.05, 4.69) is 20.6 Å². The second-order valence-electron chi connectivity index (χ2n) is 6.55. The Balaban J connectivity index is 1.64. The second-order valence-corrected chi connectivity index (χ2v) is 6.55. The summed E-state index contributed by atoms with van der Waals surface area (Å²) in [5.41, 5.74) is 2.41. The number of nitrogens with one attached hydrogen (secondary N) is 2. The van der Waals surface area contributed by atoms with Gasteiger partial charge < -0.3 is 10.1 Å². The lowest BCUT2D eigenvalue weighted by atomic mass is 10.1. The summed E-state index contributed by atoms with van der Waals surface area (Å²) in [6.45, 7) is 0.106. The standard InChI is InChI=1S/C21H18N6O4/c1-31-21-19(27(29)30)18(23-24-21)20(28)22-12-15-13-26(16-10-6-3-7-11-16)25-17(15)14-8-4-2-5-9-14/h2-11,13H,12H2,1H3,(H,22,28)(H,23,24). The molecule has 2 aromatic carbocycles. The Labute approximate surface area is 176 Å². The van der Waals surface area contributed by atoms with Gasteiger partial charge in [-0.3, -0.25) is 20.0 Å². The molecule has 1 amide bonds. The highest BCUT2D eigenvalue weighted by Gasteiger charge is 2.30. The summed E-state index contributed by atoms with van der Waals surface area (Å²) >= 11 is 0. The van der Waals surface area contributed by atoms with Gasteiger partial charge in [0.25, 0.3) is 5.91 Å². The minimum Gasteiger partial charge on any atom is -0.475 e. The van der Waals surface area contributed by atoms with Crippen LogP contribution in [0.2, 0.25) is 0 Å². The molecular formula is C21H18N6O4. The Bertz CT molecular complexity index is 1220. The zero-order chi connectivity index (χ0) is 21.8. The molecule has 0 aliphatic heterocycles. The van der Waals surface area contributed by atoms with Gasteiger partial charge in [0.15, 0.2) is 0 Å². The second kappa shape index (κ2) is 8.49. The molecule has 2 N–H and O–H groups in total. The summed E-state index contributed by atoms with van der Waals surface area (Å²) in [4.78, 5) is 23.2. The van der Waals surface area contributed by atoms with Crippen molar-refractivity contribution >= 4 is 11.6 Å². The Hall–Kier alpha value is -4.47. The molecule has 31 heavy (non-hydrogen) atoms. The molecule has 0 fully saturated rings. The number of aromatic amines is 1. The van der Waals surface area contributed by atoms with Gasteiger partial charge in [0, 0.05) is 23.9 Å². The number of para-hydroxylation sites is 1. The number of aromatic nitrogens is 4. The minimum atomic E-state index is -0.708. The lowest BCUT2D eigenvalue weighted by Crippen LogP contribution is -2.24. The van der Waals surface area contributed by atoms with Gasteiger partial charge in [-0.05, 0) is 12.1 Å². The highest BCUT2D eigenvalue weighted by atomic mass is 16.6. The molecule has 0 atom stereocenters. The number of carbonyl (C=O) groups excluding carboxylic acids is 1. The molecule has 10 heteroatoms. The third-order valence-corrected chi connectivity index (χ3v) is 4.61. The van der Waals surface area contributed by atoms with Gasteiger partial charge in [0.1, 0.15) is 0 Å². The number of nitrogens with zero attached hydrogens (tertiary/aromatic N) is 4. The number of rotatable bonds is 7. The van der Waals surface area contributed by atoms with E-state index in [1.807, 2.05) is 66.9 Å². The quantitative estimate of drug-likeness (QED) is 0.351. The molecular weight excluding hydrogens is 400 g/mol. The van der Waals surface area contributed by atoms with Crippen LogP contribution in [0.25, 0.3) is 16.9 Å². The molecule has 0 spiro atoms. The van der Waals surface area contributed by atoms with Crippen molar-refractivity contribution < 1.29 is 14.5 Å². The smallest absolute Gasteiger partial charge is 0.362 e. The summed E-state index contributed by atoms with van der Waals surface area (Å²) in [7, 11) is 1.25. The summed E-state index contributed by atoms with van der Waals surface area (Å²) in [5, 5.41) is 24.7. The Morgan fingerprint density at radius 2 is 1.84 bits per heavy atom. The molecule has 10 nitrogen and oxygen atoms in total. The summed E-state index contributed by atoms with van der Waals surface area (Å²) in [6, 6.07) is 19.1. The van der Waals surface area contributed by atoms with Crippen LogP contribution in [0.15, 0.2) is 66.9 Å². The number of hydrogen-bond donors (Lipinski definition) is 2. The average Bonchev–Trinajstić information content (AvgIpc) is 3.43. The minimum absolute atomic E-state index is 0.106. The fourth-order valence-electron chi connectivity index (χ4n) is 3.14. The zero-order valence-electron chi connectivity index (χ0n) is 16.5. The molecule has 2 heterocycles. The fourth-order valence-corrected chi connectivity index (χ4v) is 3.14. The van der Waals surface area contributed by atoms with Crippen molar-refractivity contribution in [1.82, 2.24) is 25.3 Å². The van der Waals surface area contributed by atoms with Gasteiger partial charge in [0.2, 0.25) is 5.69 Å². The van der Waals surface area contributed by atoms with E-state index < -0.39 is 16.5 Å². The maximum atomic E-state index is 12.6. The molecule has 0 bridgehead atoms. The SMILES string of the molecule is COc1n[nH]c(C(=O)NCc2cn(-c3ccccc3)nc2-c2ccccc2)c1[N+](=O)[O-]. The normalized spacial score (nSPS) is 10.6. The lowest BCUT2D eigenvalue weighted by molar-refractivity contribution is -0.386. The van der Waals surface area contributed by atoms with Crippen LogP contribution in [0.1, 0.15) is 16.1 Å². The van der Waals surface area contributed by atoms with Crippen molar-refractivity contribution in [2.24, 2.45) is 0 Å². The fraction of sp³-hybridized carbons (Fsp3) is 0.0952. The Morgan fingerprint density at radius 1 is 1.16 bits per heavy atom. The third kappa shape index (κ3) is 3.99. The molecule has 0 unspecified atom stereocenters. The van der Waals surface area contributed by atoms with Crippen LogP contribution in [-0.2, 0) is 6.54 Å². The molecule has 4 aromatic rings. The molecule has 0 radical (unpaired) electrons. The van der Waals surface area contributed by atoms with Crippen molar-refractivity contribution in [1.29, 1.82) is 0 Å². The van der Waals surface area contributed by atoms with Gasteiger partial charge in [-0.15, -0.1) is 5.10 Å². The van der Waals surface area contributed by atoms with Crippen molar-refractivity contribution in [3.63, 3.8) is 0 Å². The zero-order valence-corrected chi connectivity index (χ0v) is 16.5. The lowest BCUT2D eigenvalue weighted by Gasteiger charge is -2.04. The topological polar surface area (TPSA) is 128 Å². The van der Waals surface area contributed by atoms with Crippen LogP contribution in [-0.4, -0.2) is 37.9 Å². The van der Waals surface area contributed by atoms with Crippen molar-refractivity contribution in [2.45, 2.75) is 6.54 Å². The van der Waals surface area contributed by atoms with Crippen molar-refractivity contribution in [2.75, 3.05) is 7.11 Å². The predicted octanol–water partition coefficient (Wildman–Crippen LogP) is 3.11. The first-order valence-corrected chi connectivity index (χ1v) is 9.33. The molecule has 156 valence electrons. The van der Waals surface area contributed by atoms with E-state index in [0.29, 0.717) is 5.69 Å². The van der Waals surface area contributed by atoms with Crippen LogP contribution in [0.5, 0.6) is 5.88 Å². The molecule has 0 saturated carbocycles. The van der Waals surface area contributed by atoms with Gasteiger partial charge in [-0.2, -0.15) is 5.10 Å². The number of methoxy groups -OCH3 is 1. The first-order chi connectivity index (χ1) is 15.1. The van der Waals surface area contributed by atoms with Crippen LogP contribution >= 0.6 is 0 Å². The van der Waals surface area contributed by atoms with E-state index >= 15 is 0 Å². The number of nitro groups is 1. The van der Waals surface area contributed by atoms with Crippen molar-refractivity contribution in [3.05, 3.63) is 88.2 Å². The first-order valence-electron chi connectivity index (χ1n) is 9.33. The van der Waals surface area contributed by atoms with E-state index in [-0.39, 0.29) is 18.1 Å². The average molecular weight is 418 g/mol. The maximum Gasteiger partial charge on any atom is 0.362 e. The van der Waals surface area contributed by atoms with Gasteiger partial charge >= 0.3 is 11.6 Å². The number of amides is 1. The number of ether oxygens (including phenoxy) is 1. The monoisotopic (exact) mass is 418 g/mol. The van der Waals surface area contributed by atoms with E-state index in [1.54, 1.807) is 4.68 Å². The van der Waals surface area contributed by atoms with Gasteiger partial charge in [-0.1, -0.05) is 48.5 Å². The summed E-state index contributed by atoms with van der Waals surface area (Å²) in [5.74, 6) is -0.925. The summed E-state index contributed by atoms with van der Waals surface area (Å²) < 4.78 is 6.58. The van der Waals surface area contributed by atoms with E-state index in [1.165, 1.54) is 7.11 Å². The van der Waals surface area contributed by atoms with Crippen LogP contribution in [0.3, 0.4) is 0 Å². The largest absolute Gasteiger partial charge is 0.475 e. The summed E-state index contributed by atoms with van der Waals surface area (Å²) in [6.07, 6.45) is 1.82. The van der Waals surface area contributed by atoms with Crippen LogP contribution in [0.4, 0.5) is 5.69 Å². The van der Waals surface area contributed by atoms with E-state index in [9.17, 15) is 14.9 Å². The molecule has 0 aliphatic rings.